The molecule has 13 nitrogen and oxygen atoms in total. The van der Waals surface area contributed by atoms with Gasteiger partial charge in [-0.3, -0.25) is 14.2 Å². The van der Waals surface area contributed by atoms with E-state index in [1.165, 1.54) is 0 Å². The highest BCUT2D eigenvalue weighted by molar-refractivity contribution is 7.51. The van der Waals surface area contributed by atoms with E-state index in [0.29, 0.717) is 12.3 Å². The van der Waals surface area contributed by atoms with Crippen LogP contribution in [0, 0.1) is 0 Å². The zero-order valence-electron chi connectivity index (χ0n) is 26.0. The zero-order valence-corrected chi connectivity index (χ0v) is 26.9. The molecule has 3 amide bonds. The van der Waals surface area contributed by atoms with Crippen LogP contribution in [0.4, 0.5) is 10.5 Å². The van der Waals surface area contributed by atoms with Gasteiger partial charge in [0.15, 0.2) is 0 Å². The van der Waals surface area contributed by atoms with Crippen LogP contribution in [-0.2, 0) is 18.8 Å². The number of ether oxygens (including phenoxy) is 2. The van der Waals surface area contributed by atoms with Gasteiger partial charge in [-0.2, -0.15) is 0 Å². The highest BCUT2D eigenvalue weighted by Gasteiger charge is 2.32. The average Bonchev–Trinajstić information content (AvgIpc) is 3.53. The van der Waals surface area contributed by atoms with E-state index in [-0.39, 0.29) is 56.8 Å². The Kier molecular flexibility index (Phi) is 12.3. The fourth-order valence-electron chi connectivity index (χ4n) is 5.55. The van der Waals surface area contributed by atoms with Crippen LogP contribution in [0.1, 0.15) is 55.9 Å². The Morgan fingerprint density at radius 2 is 1.76 bits per heavy atom. The Balaban J connectivity index is 1.53. The third-order valence-corrected chi connectivity index (χ3v) is 8.93. The third-order valence-electron chi connectivity index (χ3n) is 8.03. The summed E-state index contributed by atoms with van der Waals surface area (Å²) in [6, 6.07) is 12.0. The fourth-order valence-corrected chi connectivity index (χ4v) is 6.14. The van der Waals surface area contributed by atoms with E-state index in [2.05, 4.69) is 15.2 Å². The quantitative estimate of drug-likeness (QED) is 0.217. The number of carbonyl (C=O) groups is 3. The van der Waals surface area contributed by atoms with Gasteiger partial charge in [0.05, 0.1) is 12.3 Å². The number of carbonyl (C=O) groups excluding carboxylic acids is 3. The molecular weight excluding hydrogens is 601 g/mol. The minimum atomic E-state index is -4.30. The Morgan fingerprint density at radius 3 is 2.42 bits per heavy atom. The maximum atomic E-state index is 13.8. The van der Waals surface area contributed by atoms with Gasteiger partial charge in [-0.15, -0.1) is 0 Å². The predicted octanol–water partition coefficient (Wildman–Crippen LogP) is 3.46. The van der Waals surface area contributed by atoms with E-state index < -0.39 is 31.8 Å². The number of amides is 3. The molecule has 0 bridgehead atoms. The van der Waals surface area contributed by atoms with Gasteiger partial charge in [0.1, 0.15) is 18.0 Å². The van der Waals surface area contributed by atoms with Gasteiger partial charge in [-0.25, -0.2) is 9.78 Å². The van der Waals surface area contributed by atoms with Crippen LogP contribution in [0.15, 0.2) is 42.5 Å². The summed E-state index contributed by atoms with van der Waals surface area (Å²) in [5.41, 5.74) is 2.29. The standard InChI is InChI=1S/C31H44N5O8P/c1-3-4-19-44-31(39)35-17-15-34(16-18-35)30(38)25(12-9-20-45(40,41)42)33-29(37)27-22-24(36-14-8-13-28(36)43-2)21-26(32-27)23-10-6-5-7-11-23/h5-7,10-11,21-22,25,28H,3-4,8-9,12-20H2,1-2H3,(H,33,37)(H2,40,41,42)/t25-,28+/m1/s1. The smallest absolute Gasteiger partial charge is 0.409 e. The number of nitrogens with zero attached hydrogens (tertiary/aromatic N) is 4. The number of unbranched alkanes of at least 4 members (excludes halogenated alkanes) is 1. The largest absolute Gasteiger partial charge is 0.449 e. The summed E-state index contributed by atoms with van der Waals surface area (Å²) < 4.78 is 22.5. The maximum Gasteiger partial charge on any atom is 0.409 e. The molecule has 2 aliphatic rings. The topological polar surface area (TPSA) is 162 Å². The molecule has 0 radical (unpaired) electrons. The van der Waals surface area contributed by atoms with Gasteiger partial charge < -0.3 is 39.3 Å². The molecule has 3 N–H and O–H groups in total. The first-order valence-electron chi connectivity index (χ1n) is 15.5. The van der Waals surface area contributed by atoms with Crippen molar-refractivity contribution < 1.29 is 38.2 Å². The zero-order chi connectivity index (χ0) is 32.4. The highest BCUT2D eigenvalue weighted by Crippen LogP contribution is 2.35. The Hall–Kier alpha value is -3.51. The van der Waals surface area contributed by atoms with Gasteiger partial charge in [0.2, 0.25) is 5.91 Å². The van der Waals surface area contributed by atoms with Gasteiger partial charge in [-0.05, 0) is 44.2 Å². The minimum absolute atomic E-state index is 0.0245. The molecule has 2 atom stereocenters. The Labute approximate surface area is 264 Å². The van der Waals surface area contributed by atoms with Crippen molar-refractivity contribution in [3.05, 3.63) is 48.2 Å². The van der Waals surface area contributed by atoms with E-state index in [4.69, 9.17) is 9.47 Å². The average molecular weight is 646 g/mol. The molecular formula is C31H44N5O8P. The number of hydrogen-bond donors (Lipinski definition) is 3. The molecule has 1 aromatic carbocycles. The van der Waals surface area contributed by atoms with Crippen LogP contribution in [0.2, 0.25) is 0 Å². The summed E-state index contributed by atoms with van der Waals surface area (Å²) in [7, 11) is -2.65. The van der Waals surface area contributed by atoms with E-state index >= 15 is 0 Å². The number of aromatic nitrogens is 1. The van der Waals surface area contributed by atoms with Crippen LogP contribution in [0.25, 0.3) is 11.3 Å². The number of benzene rings is 1. The summed E-state index contributed by atoms with van der Waals surface area (Å²) in [4.78, 5) is 68.5. The first-order valence-corrected chi connectivity index (χ1v) is 17.3. The van der Waals surface area contributed by atoms with Crippen LogP contribution in [-0.4, -0.2) is 107 Å². The lowest BCUT2D eigenvalue weighted by atomic mass is 10.1. The lowest BCUT2D eigenvalue weighted by Crippen LogP contribution is -2.56. The molecule has 2 saturated heterocycles. The van der Waals surface area contributed by atoms with Crippen molar-refractivity contribution in [2.75, 3.05) is 57.5 Å². The lowest BCUT2D eigenvalue weighted by molar-refractivity contribution is -0.135. The molecule has 14 heteroatoms. The van der Waals surface area contributed by atoms with Crippen molar-refractivity contribution in [1.82, 2.24) is 20.1 Å². The van der Waals surface area contributed by atoms with Crippen molar-refractivity contribution in [2.45, 2.75) is 57.7 Å². The van der Waals surface area contributed by atoms with Crippen molar-refractivity contribution in [3.63, 3.8) is 0 Å². The summed E-state index contributed by atoms with van der Waals surface area (Å²) in [5.74, 6) is -0.957. The molecule has 0 saturated carbocycles. The molecule has 2 fully saturated rings. The third kappa shape index (κ3) is 9.74. The molecule has 2 aromatic rings. The maximum absolute atomic E-state index is 13.8. The number of anilines is 1. The van der Waals surface area contributed by atoms with E-state index in [1.807, 2.05) is 43.3 Å². The number of nitrogens with one attached hydrogen (secondary N) is 1. The van der Waals surface area contributed by atoms with Crippen molar-refractivity contribution in [2.24, 2.45) is 0 Å². The lowest BCUT2D eigenvalue weighted by Gasteiger charge is -2.36. The van der Waals surface area contributed by atoms with Crippen molar-refractivity contribution in [1.29, 1.82) is 0 Å². The number of pyridine rings is 1. The normalized spacial score (nSPS) is 17.7. The molecule has 0 aliphatic carbocycles. The monoisotopic (exact) mass is 645 g/mol. The second kappa shape index (κ2) is 16.2. The summed E-state index contributed by atoms with van der Waals surface area (Å²) in [6.45, 7) is 4.14. The SMILES string of the molecule is CCCCOC(=O)N1CCN(C(=O)[C@@H](CCCP(=O)(O)O)NC(=O)c2cc(N3CCC[C@@H]3OC)cc(-c3ccccc3)n2)CC1. The second-order valence-electron chi connectivity index (χ2n) is 11.3. The van der Waals surface area contributed by atoms with Crippen molar-refractivity contribution >= 4 is 31.2 Å². The molecule has 0 spiro atoms. The van der Waals surface area contributed by atoms with E-state index in [9.17, 15) is 28.7 Å². The number of hydrogen-bond acceptors (Lipinski definition) is 8. The van der Waals surface area contributed by atoms with Gasteiger partial charge in [0.25, 0.3) is 5.91 Å². The summed E-state index contributed by atoms with van der Waals surface area (Å²) in [6.07, 6.45) is 2.54. The number of rotatable bonds is 13. The molecule has 3 heterocycles. The highest BCUT2D eigenvalue weighted by atomic mass is 31.2. The molecule has 1 aromatic heterocycles. The minimum Gasteiger partial charge on any atom is -0.449 e. The predicted molar refractivity (Wildman–Crippen MR) is 169 cm³/mol. The van der Waals surface area contributed by atoms with Crippen LogP contribution < -0.4 is 10.2 Å². The number of piperazine rings is 1. The van der Waals surface area contributed by atoms with E-state index in [1.54, 1.807) is 23.0 Å². The van der Waals surface area contributed by atoms with Gasteiger partial charge >= 0.3 is 13.7 Å². The number of methoxy groups -OCH3 is 1. The molecule has 0 unspecified atom stereocenters. The van der Waals surface area contributed by atoms with Gasteiger partial charge in [-0.1, -0.05) is 43.7 Å². The van der Waals surface area contributed by atoms with Crippen LogP contribution in [0.3, 0.4) is 0 Å². The fraction of sp³-hybridized carbons (Fsp3) is 0.548. The second-order valence-corrected chi connectivity index (χ2v) is 13.1. The van der Waals surface area contributed by atoms with Gasteiger partial charge in [0, 0.05) is 57.2 Å². The molecule has 45 heavy (non-hydrogen) atoms. The van der Waals surface area contributed by atoms with E-state index in [0.717, 1.165) is 43.5 Å². The first-order chi connectivity index (χ1) is 21.6. The van der Waals surface area contributed by atoms with Crippen molar-refractivity contribution in [3.8, 4) is 11.3 Å². The Bertz CT molecular complexity index is 1350. The molecule has 246 valence electrons. The Morgan fingerprint density at radius 1 is 1.04 bits per heavy atom. The molecule has 2 aliphatic heterocycles. The van der Waals surface area contributed by atoms with Crippen LogP contribution >= 0.6 is 7.60 Å². The van der Waals surface area contributed by atoms with Crippen LogP contribution in [0.5, 0.6) is 0 Å². The summed E-state index contributed by atoms with van der Waals surface area (Å²) >= 11 is 0. The summed E-state index contributed by atoms with van der Waals surface area (Å²) in [5, 5.41) is 2.81. The first kappa shape index (κ1) is 34.4. The molecule has 4 rings (SSSR count).